The Morgan fingerprint density at radius 1 is 1.18 bits per heavy atom. The minimum absolute atomic E-state index is 0.00858. The molecule has 2 aromatic rings. The van der Waals surface area contributed by atoms with Crippen LogP contribution in [-0.2, 0) is 9.47 Å². The van der Waals surface area contributed by atoms with E-state index in [9.17, 15) is 27.2 Å². The van der Waals surface area contributed by atoms with Gasteiger partial charge in [-0.3, -0.25) is 15.1 Å². The Morgan fingerprint density at radius 2 is 1.85 bits per heavy atom. The summed E-state index contributed by atoms with van der Waals surface area (Å²) in [5.74, 6) is -2.39. The number of rotatable bonds is 3. The average molecular weight is 550 g/mol. The Kier molecular flexibility index (Phi) is 8.02. The summed E-state index contributed by atoms with van der Waals surface area (Å²) in [6.45, 7) is 8.27. The van der Waals surface area contributed by atoms with Crippen molar-refractivity contribution in [3.05, 3.63) is 58.7 Å². The Morgan fingerprint density at radius 3 is 2.41 bits per heavy atom. The molecular weight excluding hydrogens is 522 g/mol. The van der Waals surface area contributed by atoms with Crippen molar-refractivity contribution in [2.45, 2.75) is 71.1 Å². The number of halogens is 4. The maximum Gasteiger partial charge on any atom is 0.424 e. The fourth-order valence-corrected chi connectivity index (χ4v) is 3.78. The zero-order chi connectivity index (χ0) is 29.3. The predicted octanol–water partition coefficient (Wildman–Crippen LogP) is 5.36. The summed E-state index contributed by atoms with van der Waals surface area (Å²) in [4.78, 5) is 32.9. The normalized spacial score (nSPS) is 21.4. The fraction of sp³-hybridized carbons (Fsp3) is 0.423. The SMILES string of the molecule is Cc1cc(C#N)cnc1C(=O)Nc1ccc(F)c(C2O[C@@](C)(C(F)(F)F)C(NC(=O)OC(C)(C)C)=N[C@@H]2C)c1. The summed E-state index contributed by atoms with van der Waals surface area (Å²) >= 11 is 0. The molecule has 0 spiro atoms. The molecular formula is C26H27F4N5O4. The van der Waals surface area contributed by atoms with E-state index in [4.69, 9.17) is 14.7 Å². The Labute approximate surface area is 222 Å². The van der Waals surface area contributed by atoms with Gasteiger partial charge in [-0.25, -0.2) is 14.2 Å². The number of alkyl carbamates (subject to hydrolysis) is 1. The van der Waals surface area contributed by atoms with E-state index in [0.29, 0.717) is 12.5 Å². The van der Waals surface area contributed by atoms with Gasteiger partial charge in [-0.2, -0.15) is 18.4 Å². The van der Waals surface area contributed by atoms with Gasteiger partial charge in [0.2, 0.25) is 5.60 Å². The van der Waals surface area contributed by atoms with Crippen LogP contribution in [0.1, 0.15) is 67.9 Å². The summed E-state index contributed by atoms with van der Waals surface area (Å²) in [7, 11) is 0. The maximum absolute atomic E-state index is 14.9. The molecule has 0 saturated heterocycles. The van der Waals surface area contributed by atoms with Crippen LogP contribution in [0.5, 0.6) is 0 Å². The second-order valence-electron chi connectivity index (χ2n) is 10.1. The summed E-state index contributed by atoms with van der Waals surface area (Å²) in [6, 6.07) is 5.65. The van der Waals surface area contributed by atoms with Crippen molar-refractivity contribution in [2.75, 3.05) is 5.32 Å². The van der Waals surface area contributed by atoms with E-state index in [1.165, 1.54) is 25.3 Å². The molecule has 1 aliphatic rings. The molecule has 208 valence electrons. The van der Waals surface area contributed by atoms with Gasteiger partial charge in [0.25, 0.3) is 5.91 Å². The van der Waals surface area contributed by atoms with Crippen molar-refractivity contribution in [2.24, 2.45) is 4.99 Å². The van der Waals surface area contributed by atoms with Crippen molar-refractivity contribution >= 4 is 23.5 Å². The first-order valence-electron chi connectivity index (χ1n) is 11.8. The Balaban J connectivity index is 1.94. The van der Waals surface area contributed by atoms with E-state index >= 15 is 0 Å². The second kappa shape index (κ2) is 10.6. The first-order chi connectivity index (χ1) is 17.9. The molecule has 39 heavy (non-hydrogen) atoms. The van der Waals surface area contributed by atoms with Crippen LogP contribution in [0, 0.1) is 24.1 Å². The molecule has 0 saturated carbocycles. The number of carbonyl (C=O) groups excluding carboxylic acids is 2. The lowest BCUT2D eigenvalue weighted by Crippen LogP contribution is -2.61. The number of anilines is 1. The molecule has 1 unspecified atom stereocenters. The molecule has 0 aliphatic carbocycles. The molecule has 1 aromatic carbocycles. The number of ether oxygens (including phenoxy) is 2. The lowest BCUT2D eigenvalue weighted by molar-refractivity contribution is -0.262. The van der Waals surface area contributed by atoms with Crippen LogP contribution in [0.15, 0.2) is 35.5 Å². The van der Waals surface area contributed by atoms with Crippen LogP contribution in [0.2, 0.25) is 0 Å². The third-order valence-electron chi connectivity index (χ3n) is 5.73. The maximum atomic E-state index is 14.9. The summed E-state index contributed by atoms with van der Waals surface area (Å²) in [5.41, 5.74) is -3.65. The van der Waals surface area contributed by atoms with Crippen LogP contribution in [-0.4, -0.2) is 46.2 Å². The largest absolute Gasteiger partial charge is 0.444 e. The first kappa shape index (κ1) is 29.5. The van der Waals surface area contributed by atoms with Crippen molar-refractivity contribution in [3.63, 3.8) is 0 Å². The van der Waals surface area contributed by atoms with E-state index in [-0.39, 0.29) is 22.5 Å². The van der Waals surface area contributed by atoms with Gasteiger partial charge >= 0.3 is 12.3 Å². The number of pyridine rings is 1. The topological polar surface area (TPSA) is 126 Å². The predicted molar refractivity (Wildman–Crippen MR) is 133 cm³/mol. The number of benzene rings is 1. The minimum Gasteiger partial charge on any atom is -0.444 e. The molecule has 2 heterocycles. The van der Waals surface area contributed by atoms with Gasteiger partial charge in [0, 0.05) is 17.4 Å². The van der Waals surface area contributed by atoms with Gasteiger partial charge in [-0.05, 0) is 71.4 Å². The lowest BCUT2D eigenvalue weighted by atomic mass is 9.95. The highest BCUT2D eigenvalue weighted by atomic mass is 19.4. The molecule has 0 fully saturated rings. The quantitative estimate of drug-likeness (QED) is 0.497. The highest BCUT2D eigenvalue weighted by Gasteiger charge is 2.60. The smallest absolute Gasteiger partial charge is 0.424 e. The average Bonchev–Trinajstić information content (AvgIpc) is 2.80. The molecule has 13 heteroatoms. The van der Waals surface area contributed by atoms with E-state index in [0.717, 1.165) is 12.1 Å². The number of hydrogen-bond donors (Lipinski definition) is 2. The number of aryl methyl sites for hydroxylation is 1. The number of alkyl halides is 3. The molecule has 2 amide bonds. The number of aromatic nitrogens is 1. The van der Waals surface area contributed by atoms with Crippen molar-refractivity contribution in [1.82, 2.24) is 10.3 Å². The lowest BCUT2D eigenvalue weighted by Gasteiger charge is -2.42. The zero-order valence-electron chi connectivity index (χ0n) is 22.0. The summed E-state index contributed by atoms with van der Waals surface area (Å²) < 4.78 is 68.1. The number of aliphatic imine (C=N–C) groups is 1. The van der Waals surface area contributed by atoms with Gasteiger partial charge in [0.15, 0.2) is 0 Å². The van der Waals surface area contributed by atoms with Gasteiger partial charge in [-0.15, -0.1) is 0 Å². The van der Waals surface area contributed by atoms with Crippen LogP contribution >= 0.6 is 0 Å². The van der Waals surface area contributed by atoms with Gasteiger partial charge in [0.1, 0.15) is 35.1 Å². The molecule has 2 N–H and O–H groups in total. The Hall–Kier alpha value is -4.05. The van der Waals surface area contributed by atoms with E-state index in [2.05, 4.69) is 15.3 Å². The number of carbonyl (C=O) groups is 2. The number of hydrogen-bond acceptors (Lipinski definition) is 7. The van der Waals surface area contributed by atoms with Crippen molar-refractivity contribution in [1.29, 1.82) is 5.26 Å². The highest BCUT2D eigenvalue weighted by Crippen LogP contribution is 2.43. The standard InChI is InChI=1S/C26H27F4N5O4/c1-13-9-15(11-31)12-32-19(13)21(36)34-16-7-8-18(27)17(10-16)20-14(2)33-22(25(6,38-20)26(28,29)30)35-23(37)39-24(3,4)5/h7-10,12,14,20H,1-6H3,(H,34,36)(H,33,35,37)/t14-,20?,25-/m1/s1. The van der Waals surface area contributed by atoms with E-state index in [1.54, 1.807) is 27.7 Å². The minimum atomic E-state index is -5.06. The van der Waals surface area contributed by atoms with Crippen LogP contribution in [0.4, 0.5) is 28.0 Å². The zero-order valence-corrected chi connectivity index (χ0v) is 22.0. The van der Waals surface area contributed by atoms with Gasteiger partial charge in [0.05, 0.1) is 11.6 Å². The fourth-order valence-electron chi connectivity index (χ4n) is 3.78. The third kappa shape index (κ3) is 6.51. The molecule has 0 radical (unpaired) electrons. The van der Waals surface area contributed by atoms with Crippen LogP contribution in [0.3, 0.4) is 0 Å². The summed E-state index contributed by atoms with van der Waals surface area (Å²) in [6.07, 6.45) is -6.53. The molecule has 1 aliphatic heterocycles. The molecule has 1 aromatic heterocycles. The highest BCUT2D eigenvalue weighted by molar-refractivity contribution is 6.04. The van der Waals surface area contributed by atoms with E-state index in [1.807, 2.05) is 11.4 Å². The monoisotopic (exact) mass is 549 g/mol. The number of nitrogens with one attached hydrogen (secondary N) is 2. The number of amides is 2. The summed E-state index contributed by atoms with van der Waals surface area (Å²) in [5, 5.41) is 13.5. The number of amidine groups is 1. The van der Waals surface area contributed by atoms with E-state index < -0.39 is 53.2 Å². The first-order valence-corrected chi connectivity index (χ1v) is 11.8. The van der Waals surface area contributed by atoms with Gasteiger partial charge < -0.3 is 14.8 Å². The number of nitrogens with zero attached hydrogens (tertiary/aromatic N) is 3. The molecule has 9 nitrogen and oxygen atoms in total. The van der Waals surface area contributed by atoms with Crippen LogP contribution in [0.25, 0.3) is 0 Å². The second-order valence-corrected chi connectivity index (χ2v) is 10.1. The van der Waals surface area contributed by atoms with Crippen molar-refractivity contribution in [3.8, 4) is 6.07 Å². The van der Waals surface area contributed by atoms with Crippen LogP contribution < -0.4 is 10.6 Å². The molecule has 3 atom stereocenters. The molecule has 3 rings (SSSR count). The molecule has 0 bridgehead atoms. The third-order valence-corrected chi connectivity index (χ3v) is 5.73. The van der Waals surface area contributed by atoms with Gasteiger partial charge in [-0.1, -0.05) is 0 Å². The number of nitriles is 1. The Bertz CT molecular complexity index is 1360. The van der Waals surface area contributed by atoms with Crippen molar-refractivity contribution < 1.29 is 36.6 Å².